The summed E-state index contributed by atoms with van der Waals surface area (Å²) in [7, 11) is -3.70. The monoisotopic (exact) mass is 362 g/mol. The Morgan fingerprint density at radius 3 is 2.44 bits per heavy atom. The van der Waals surface area contributed by atoms with E-state index in [1.54, 1.807) is 24.3 Å². The molecule has 0 fully saturated rings. The fourth-order valence-corrected chi connectivity index (χ4v) is 3.11. The Morgan fingerprint density at radius 1 is 1.20 bits per heavy atom. The van der Waals surface area contributed by atoms with Crippen LogP contribution in [0.5, 0.6) is 0 Å². The van der Waals surface area contributed by atoms with Gasteiger partial charge in [0, 0.05) is 24.9 Å². The molecule has 7 nitrogen and oxygen atoms in total. The first-order valence-electron chi connectivity index (χ1n) is 7.44. The zero-order valence-electron chi connectivity index (χ0n) is 13.8. The van der Waals surface area contributed by atoms with Gasteiger partial charge in [-0.2, -0.15) is 0 Å². The quantitative estimate of drug-likeness (QED) is 0.782. The van der Waals surface area contributed by atoms with Crippen molar-refractivity contribution in [1.29, 1.82) is 0 Å². The zero-order chi connectivity index (χ0) is 18.4. The van der Waals surface area contributed by atoms with Crippen molar-refractivity contribution in [3.63, 3.8) is 0 Å². The maximum Gasteiger partial charge on any atom is 0.303 e. The molecule has 1 atom stereocenters. The normalized spacial score (nSPS) is 12.2. The number of esters is 1. The van der Waals surface area contributed by atoms with E-state index in [0.717, 1.165) is 5.56 Å². The van der Waals surface area contributed by atoms with Crippen molar-refractivity contribution in [2.24, 2.45) is 0 Å². The fourth-order valence-electron chi connectivity index (χ4n) is 2.06. The number of sulfone groups is 1. The number of rotatable bonds is 6. The van der Waals surface area contributed by atoms with Gasteiger partial charge in [-0.3, -0.25) is 14.6 Å². The number of hydrogen-bond donors (Lipinski definition) is 1. The number of carbonyl (C=O) groups excluding carboxylic acids is 2. The van der Waals surface area contributed by atoms with Gasteiger partial charge in [-0.1, -0.05) is 23.8 Å². The number of aromatic nitrogens is 1. The highest BCUT2D eigenvalue weighted by molar-refractivity contribution is 7.91. The first-order chi connectivity index (χ1) is 11.8. The maximum atomic E-state index is 12.3. The van der Waals surface area contributed by atoms with E-state index in [9.17, 15) is 18.0 Å². The number of carbonyl (C=O) groups is 2. The van der Waals surface area contributed by atoms with Crippen LogP contribution in [0.1, 0.15) is 24.2 Å². The molecule has 0 aliphatic carbocycles. The summed E-state index contributed by atoms with van der Waals surface area (Å²) in [5, 5.41) is 2.31. The van der Waals surface area contributed by atoms with Crippen LogP contribution >= 0.6 is 0 Å². The van der Waals surface area contributed by atoms with Gasteiger partial charge in [0.1, 0.15) is 5.88 Å². The molecule has 132 valence electrons. The molecule has 1 heterocycles. The van der Waals surface area contributed by atoms with Crippen LogP contribution in [0.4, 0.5) is 0 Å². The van der Waals surface area contributed by atoms with Gasteiger partial charge < -0.3 is 10.1 Å². The number of pyridine rings is 1. The Kier molecular flexibility index (Phi) is 5.87. The molecule has 0 aliphatic heterocycles. The second-order valence-corrected chi connectivity index (χ2v) is 7.38. The lowest BCUT2D eigenvalue weighted by Gasteiger charge is -2.16. The molecule has 2 rings (SSSR count). The van der Waals surface area contributed by atoms with E-state index in [4.69, 9.17) is 4.74 Å². The van der Waals surface area contributed by atoms with Gasteiger partial charge in [-0.25, -0.2) is 8.42 Å². The molecule has 1 aromatic heterocycles. The molecule has 1 aromatic carbocycles. The Bertz CT molecular complexity index is 848. The molecular weight excluding hydrogens is 344 g/mol. The van der Waals surface area contributed by atoms with Crippen LogP contribution in [0.3, 0.4) is 0 Å². The summed E-state index contributed by atoms with van der Waals surface area (Å²) in [5.41, 5.74) is 1.28. The fraction of sp³-hybridized carbons (Fsp3) is 0.235. The minimum Gasteiger partial charge on any atom is -0.447 e. The van der Waals surface area contributed by atoms with E-state index in [0.29, 0.717) is 5.56 Å². The van der Waals surface area contributed by atoms with E-state index in [-0.39, 0.29) is 4.90 Å². The minimum atomic E-state index is -3.70. The second kappa shape index (κ2) is 7.89. The van der Waals surface area contributed by atoms with Gasteiger partial charge in [0.15, 0.2) is 9.84 Å². The minimum absolute atomic E-state index is 0.101. The van der Waals surface area contributed by atoms with E-state index >= 15 is 0 Å². The molecule has 0 spiro atoms. The highest BCUT2D eigenvalue weighted by Crippen LogP contribution is 2.17. The second-order valence-electron chi connectivity index (χ2n) is 5.39. The van der Waals surface area contributed by atoms with Crippen LogP contribution in [0.2, 0.25) is 0 Å². The summed E-state index contributed by atoms with van der Waals surface area (Å²) in [6.45, 7) is 3.01. The molecule has 0 aliphatic rings. The standard InChI is InChI=1S/C17H18N2O5S/c1-12-5-7-15(8-6-12)25(22,23)11-19-17(21)16(24-13(2)20)14-4-3-9-18-10-14/h3-10,16H,11H2,1-2H3,(H,19,21)/t16-/m0/s1. The lowest BCUT2D eigenvalue weighted by molar-refractivity contribution is -0.154. The average molecular weight is 362 g/mol. The molecule has 25 heavy (non-hydrogen) atoms. The number of amides is 1. The van der Waals surface area contributed by atoms with Crippen LogP contribution in [-0.4, -0.2) is 31.2 Å². The number of nitrogens with one attached hydrogen (secondary N) is 1. The molecule has 0 radical (unpaired) electrons. The average Bonchev–Trinajstić information content (AvgIpc) is 2.58. The summed E-state index contributed by atoms with van der Waals surface area (Å²) >= 11 is 0. The molecule has 1 amide bonds. The van der Waals surface area contributed by atoms with Crippen molar-refractivity contribution >= 4 is 21.7 Å². The van der Waals surface area contributed by atoms with Crippen molar-refractivity contribution < 1.29 is 22.7 Å². The highest BCUT2D eigenvalue weighted by Gasteiger charge is 2.26. The molecule has 0 saturated carbocycles. The van der Waals surface area contributed by atoms with Crippen LogP contribution in [0.25, 0.3) is 0 Å². The van der Waals surface area contributed by atoms with Gasteiger partial charge in [0.25, 0.3) is 5.91 Å². The lowest BCUT2D eigenvalue weighted by atomic mass is 10.1. The van der Waals surface area contributed by atoms with Crippen molar-refractivity contribution in [2.45, 2.75) is 24.8 Å². The van der Waals surface area contributed by atoms with Gasteiger partial charge in [0.05, 0.1) is 4.90 Å². The summed E-state index contributed by atoms with van der Waals surface area (Å²) in [6, 6.07) is 9.44. The number of aryl methyl sites for hydroxylation is 1. The van der Waals surface area contributed by atoms with Crippen molar-refractivity contribution in [3.8, 4) is 0 Å². The Labute approximate surface area is 146 Å². The third-order valence-corrected chi connectivity index (χ3v) is 4.84. The Balaban J connectivity index is 2.13. The summed E-state index contributed by atoms with van der Waals surface area (Å²) in [5.74, 6) is -2.00. The molecular formula is C17H18N2O5S. The molecule has 8 heteroatoms. The van der Waals surface area contributed by atoms with E-state index in [2.05, 4.69) is 10.3 Å². The zero-order valence-corrected chi connectivity index (χ0v) is 14.6. The van der Waals surface area contributed by atoms with Gasteiger partial charge in [-0.15, -0.1) is 0 Å². The van der Waals surface area contributed by atoms with Gasteiger partial charge in [-0.05, 0) is 25.1 Å². The number of benzene rings is 1. The third-order valence-electron chi connectivity index (χ3n) is 3.33. The number of ether oxygens (including phenoxy) is 1. The summed E-state index contributed by atoms with van der Waals surface area (Å²) < 4.78 is 29.6. The van der Waals surface area contributed by atoms with Crippen molar-refractivity contribution in [1.82, 2.24) is 10.3 Å². The van der Waals surface area contributed by atoms with E-state index in [1.807, 2.05) is 6.92 Å². The molecule has 0 bridgehead atoms. The number of nitrogens with zero attached hydrogens (tertiary/aromatic N) is 1. The SMILES string of the molecule is CC(=O)O[C@H](C(=O)NCS(=O)(=O)c1ccc(C)cc1)c1cccnc1. The smallest absolute Gasteiger partial charge is 0.303 e. The van der Waals surface area contributed by atoms with E-state index in [1.165, 1.54) is 31.5 Å². The Morgan fingerprint density at radius 2 is 1.88 bits per heavy atom. The highest BCUT2D eigenvalue weighted by atomic mass is 32.2. The van der Waals surface area contributed by atoms with Crippen molar-refractivity contribution in [3.05, 3.63) is 59.9 Å². The molecule has 1 N–H and O–H groups in total. The van der Waals surface area contributed by atoms with Crippen molar-refractivity contribution in [2.75, 3.05) is 5.88 Å². The predicted octanol–water partition coefficient (Wildman–Crippen LogP) is 1.54. The summed E-state index contributed by atoms with van der Waals surface area (Å²) in [4.78, 5) is 27.5. The first-order valence-corrected chi connectivity index (χ1v) is 9.09. The van der Waals surface area contributed by atoms with Gasteiger partial charge >= 0.3 is 5.97 Å². The molecule has 0 saturated heterocycles. The molecule has 0 unspecified atom stereocenters. The van der Waals surface area contributed by atoms with E-state index < -0.39 is 33.7 Å². The topological polar surface area (TPSA) is 102 Å². The predicted molar refractivity (Wildman–Crippen MR) is 90.1 cm³/mol. The third kappa shape index (κ3) is 5.12. The summed E-state index contributed by atoms with van der Waals surface area (Å²) in [6.07, 6.45) is 1.62. The van der Waals surface area contributed by atoms with Gasteiger partial charge in [0.2, 0.25) is 6.10 Å². The maximum absolute atomic E-state index is 12.3. The Hall–Kier alpha value is -2.74. The van der Waals surface area contributed by atoms with Crippen LogP contribution in [0, 0.1) is 6.92 Å². The van der Waals surface area contributed by atoms with Crippen LogP contribution in [-0.2, 0) is 24.2 Å². The molecule has 2 aromatic rings. The largest absolute Gasteiger partial charge is 0.447 e. The van der Waals surface area contributed by atoms with Crippen LogP contribution < -0.4 is 5.32 Å². The first kappa shape index (κ1) is 18.6. The number of hydrogen-bond acceptors (Lipinski definition) is 6. The van der Waals surface area contributed by atoms with Crippen LogP contribution in [0.15, 0.2) is 53.7 Å². The lowest BCUT2D eigenvalue weighted by Crippen LogP contribution is -2.35.